The maximum atomic E-state index is 14.1. The molecule has 4 atom stereocenters. The number of nitrogens with two attached hydrogens (primary N) is 1. The molecule has 0 spiro atoms. The van der Waals surface area contributed by atoms with Crippen molar-refractivity contribution >= 4 is 17.1 Å². The molecule has 2 fully saturated rings. The zero-order valence-electron chi connectivity index (χ0n) is 13.6. The van der Waals surface area contributed by atoms with Gasteiger partial charge >= 0.3 is 5.69 Å². The third-order valence-electron chi connectivity index (χ3n) is 5.00. The fraction of sp³-hybridized carbons (Fsp3) is 0.600. The van der Waals surface area contributed by atoms with Crippen LogP contribution < -0.4 is 11.4 Å². The number of aromatic nitrogens is 4. The Bertz CT molecular complexity index is 961. The highest BCUT2D eigenvalue weighted by Gasteiger charge is 2.48. The molecule has 2 aliphatic rings. The summed E-state index contributed by atoms with van der Waals surface area (Å²) >= 11 is 0. The third kappa shape index (κ3) is 2.38. The lowest BCUT2D eigenvalue weighted by Gasteiger charge is -2.15. The van der Waals surface area contributed by atoms with E-state index in [4.69, 9.17) is 10.5 Å². The molecule has 3 heterocycles. The van der Waals surface area contributed by atoms with Crippen LogP contribution in [0.4, 0.5) is 10.3 Å². The lowest BCUT2D eigenvalue weighted by Crippen LogP contribution is -2.35. The summed E-state index contributed by atoms with van der Waals surface area (Å²) in [7, 11) is 0. The lowest BCUT2D eigenvalue weighted by molar-refractivity contribution is -0.0514. The number of nitrogens with zero attached hydrogens (tertiary/aromatic N) is 5. The highest BCUT2D eigenvalue weighted by molar-refractivity contribution is 5.72. The van der Waals surface area contributed by atoms with Crippen LogP contribution in [0.1, 0.15) is 19.1 Å². The lowest BCUT2D eigenvalue weighted by atomic mass is 10.1. The van der Waals surface area contributed by atoms with Crippen molar-refractivity contribution in [1.82, 2.24) is 19.1 Å². The first-order valence-electron chi connectivity index (χ1n) is 8.14. The van der Waals surface area contributed by atoms with E-state index in [1.54, 1.807) is 0 Å². The van der Waals surface area contributed by atoms with Crippen LogP contribution in [0.2, 0.25) is 0 Å². The number of aliphatic hydroxyl groups is 2. The fourth-order valence-electron chi connectivity index (χ4n) is 3.28. The van der Waals surface area contributed by atoms with E-state index in [2.05, 4.69) is 16.0 Å². The van der Waals surface area contributed by atoms with E-state index < -0.39 is 42.3 Å². The molecule has 10 nitrogen and oxygen atoms in total. The Morgan fingerprint density at radius 2 is 2.27 bits per heavy atom. The highest BCUT2D eigenvalue weighted by Crippen LogP contribution is 2.46. The van der Waals surface area contributed by atoms with Crippen LogP contribution in [0, 0.1) is 16.7 Å². The number of aliphatic hydroxyl groups excluding tert-OH is 2. The topological polar surface area (TPSA) is 152 Å². The van der Waals surface area contributed by atoms with E-state index in [-0.39, 0.29) is 18.1 Å². The number of halogens is 1. The zero-order chi connectivity index (χ0) is 18.6. The molecule has 1 aliphatic carbocycles. The highest BCUT2D eigenvalue weighted by atomic mass is 19.1. The van der Waals surface area contributed by atoms with Crippen LogP contribution in [-0.2, 0) is 11.3 Å². The van der Waals surface area contributed by atoms with Gasteiger partial charge in [0.25, 0.3) is 0 Å². The number of imidazole rings is 1. The SMILES string of the molecule is N#CC1(Cn2c(=O)n([C@@H]3O[C@H](CO)[C@@H](F)[C@H]3O)c3nc(N)ncc32)CC1. The molecule has 1 saturated heterocycles. The average molecular weight is 364 g/mol. The molecule has 11 heteroatoms. The first-order valence-corrected chi connectivity index (χ1v) is 8.14. The van der Waals surface area contributed by atoms with E-state index in [1.165, 1.54) is 10.8 Å². The Labute approximate surface area is 146 Å². The Hall–Kier alpha value is -2.55. The molecule has 0 radical (unpaired) electrons. The number of nitriles is 1. The normalized spacial score (nSPS) is 29.8. The number of hydrogen-bond acceptors (Lipinski definition) is 8. The minimum Gasteiger partial charge on any atom is -0.394 e. The molecule has 26 heavy (non-hydrogen) atoms. The Morgan fingerprint density at radius 1 is 1.54 bits per heavy atom. The van der Waals surface area contributed by atoms with Gasteiger partial charge in [0.1, 0.15) is 17.7 Å². The van der Waals surface area contributed by atoms with E-state index in [0.29, 0.717) is 18.4 Å². The van der Waals surface area contributed by atoms with Crippen molar-refractivity contribution in [2.75, 3.05) is 12.3 Å². The quantitative estimate of drug-likeness (QED) is 0.629. The van der Waals surface area contributed by atoms with E-state index in [9.17, 15) is 24.7 Å². The molecule has 0 amide bonds. The molecule has 1 aliphatic heterocycles. The summed E-state index contributed by atoms with van der Waals surface area (Å²) in [5, 5.41) is 28.7. The van der Waals surface area contributed by atoms with Crippen molar-refractivity contribution in [2.24, 2.45) is 5.41 Å². The van der Waals surface area contributed by atoms with Crippen LogP contribution in [0.25, 0.3) is 11.2 Å². The van der Waals surface area contributed by atoms with Crippen LogP contribution in [-0.4, -0.2) is 54.3 Å². The van der Waals surface area contributed by atoms with Crippen LogP contribution in [0.15, 0.2) is 11.0 Å². The Kier molecular flexibility index (Phi) is 3.72. The average Bonchev–Trinajstić information content (AvgIpc) is 3.30. The Morgan fingerprint density at radius 3 is 2.85 bits per heavy atom. The summed E-state index contributed by atoms with van der Waals surface area (Å²) in [6, 6.07) is 2.21. The largest absolute Gasteiger partial charge is 0.394 e. The molecule has 4 N–H and O–H groups in total. The van der Waals surface area contributed by atoms with Gasteiger partial charge in [0.05, 0.1) is 24.3 Å². The number of alkyl halides is 1. The van der Waals surface area contributed by atoms with Crippen molar-refractivity contribution in [1.29, 1.82) is 5.26 Å². The molecule has 2 aromatic heterocycles. The molecule has 2 aromatic rings. The molecular weight excluding hydrogens is 347 g/mol. The number of anilines is 1. The van der Waals surface area contributed by atoms with Crippen molar-refractivity contribution in [3.8, 4) is 6.07 Å². The van der Waals surface area contributed by atoms with Gasteiger partial charge in [-0.2, -0.15) is 10.2 Å². The molecule has 0 bridgehead atoms. The summed E-state index contributed by atoms with van der Waals surface area (Å²) in [5.41, 5.74) is 4.76. The molecule has 4 rings (SSSR count). The van der Waals surface area contributed by atoms with Crippen molar-refractivity contribution in [3.05, 3.63) is 16.7 Å². The number of ether oxygens (including phenoxy) is 1. The third-order valence-corrected chi connectivity index (χ3v) is 5.00. The maximum absolute atomic E-state index is 14.1. The van der Waals surface area contributed by atoms with Crippen molar-refractivity contribution in [2.45, 2.75) is 44.0 Å². The van der Waals surface area contributed by atoms with Gasteiger partial charge in [-0.25, -0.2) is 18.7 Å². The van der Waals surface area contributed by atoms with Crippen LogP contribution >= 0.6 is 0 Å². The van der Waals surface area contributed by atoms with Gasteiger partial charge in [-0.1, -0.05) is 0 Å². The van der Waals surface area contributed by atoms with Gasteiger partial charge in [-0.15, -0.1) is 0 Å². The second kappa shape index (κ2) is 5.73. The first kappa shape index (κ1) is 16.9. The second-order valence-corrected chi connectivity index (χ2v) is 6.75. The van der Waals surface area contributed by atoms with Crippen molar-refractivity contribution in [3.63, 3.8) is 0 Å². The Balaban J connectivity index is 1.87. The van der Waals surface area contributed by atoms with Gasteiger partial charge in [-0.3, -0.25) is 4.57 Å². The summed E-state index contributed by atoms with van der Waals surface area (Å²) in [5.74, 6) is -0.104. The number of fused-ring (bicyclic) bond motifs is 1. The molecular formula is C15H17FN6O4. The fourth-order valence-corrected chi connectivity index (χ4v) is 3.28. The van der Waals surface area contributed by atoms with E-state index >= 15 is 0 Å². The summed E-state index contributed by atoms with van der Waals surface area (Å²) in [4.78, 5) is 20.9. The van der Waals surface area contributed by atoms with Crippen LogP contribution in [0.3, 0.4) is 0 Å². The standard InChI is InChI=1S/C15H17FN6O4/c16-9-8(4-23)26-12(10(9)24)22-11-7(3-19-13(18)20-11)21(14(22)25)6-15(5-17)1-2-15/h3,8-10,12,23-24H,1-2,4,6H2,(H2,18,19,20)/t8-,9-,10-,12-/m1/s1. The summed E-state index contributed by atoms with van der Waals surface area (Å²) in [6.07, 6.45) is -3.46. The van der Waals surface area contributed by atoms with E-state index in [1.807, 2.05) is 0 Å². The smallest absolute Gasteiger partial charge is 0.332 e. The monoisotopic (exact) mass is 364 g/mol. The minimum absolute atomic E-state index is 0.0751. The first-order chi connectivity index (χ1) is 12.4. The van der Waals surface area contributed by atoms with Crippen molar-refractivity contribution < 1.29 is 19.3 Å². The van der Waals surface area contributed by atoms with Gasteiger partial charge in [-0.05, 0) is 12.8 Å². The summed E-state index contributed by atoms with van der Waals surface area (Å²) in [6.45, 7) is -0.513. The van der Waals surface area contributed by atoms with E-state index in [0.717, 1.165) is 4.57 Å². The number of hydrogen-bond donors (Lipinski definition) is 3. The predicted octanol–water partition coefficient (Wildman–Crippen LogP) is -0.932. The number of nitrogen functional groups attached to an aromatic ring is 1. The maximum Gasteiger partial charge on any atom is 0.332 e. The number of rotatable bonds is 4. The molecule has 0 unspecified atom stereocenters. The minimum atomic E-state index is -1.86. The molecule has 138 valence electrons. The van der Waals surface area contributed by atoms with Gasteiger partial charge in [0, 0.05) is 6.54 Å². The second-order valence-electron chi connectivity index (χ2n) is 6.75. The van der Waals surface area contributed by atoms with Crippen LogP contribution in [0.5, 0.6) is 0 Å². The molecule has 1 saturated carbocycles. The summed E-state index contributed by atoms with van der Waals surface area (Å²) < 4.78 is 21.8. The van der Waals surface area contributed by atoms with Gasteiger partial charge < -0.3 is 20.7 Å². The molecule has 0 aromatic carbocycles. The van der Waals surface area contributed by atoms with Gasteiger partial charge in [0.15, 0.2) is 18.0 Å². The van der Waals surface area contributed by atoms with Gasteiger partial charge in [0.2, 0.25) is 5.95 Å². The zero-order valence-corrected chi connectivity index (χ0v) is 13.6. The predicted molar refractivity (Wildman–Crippen MR) is 85.4 cm³/mol.